The van der Waals surface area contributed by atoms with E-state index in [9.17, 15) is 4.79 Å². The summed E-state index contributed by atoms with van der Waals surface area (Å²) in [5.74, 6) is 0.190. The van der Waals surface area contributed by atoms with Crippen molar-refractivity contribution in [2.45, 2.75) is 39.7 Å². The molecule has 0 spiro atoms. The highest BCUT2D eigenvalue weighted by Gasteiger charge is 2.23. The van der Waals surface area contributed by atoms with Gasteiger partial charge in [-0.3, -0.25) is 0 Å². The summed E-state index contributed by atoms with van der Waals surface area (Å²) >= 11 is 5.33. The number of carbonyl (C=O) groups excluding carboxylic acids is 1. The van der Waals surface area contributed by atoms with Gasteiger partial charge < -0.3 is 4.74 Å². The standard InChI is InChI=1S/C10H14.C5H6ClNO2/c1-3-4-10-7-5-9(2)6-8-10;1-3-5(8)9-4(2-6)7-3/h5-8H,3-4H2,1-2H3;3H,2H2,1H3. The highest BCUT2D eigenvalue weighted by Crippen LogP contribution is 2.06. The molecule has 104 valence electrons. The van der Waals surface area contributed by atoms with E-state index in [-0.39, 0.29) is 17.9 Å². The van der Waals surface area contributed by atoms with Gasteiger partial charge in [0, 0.05) is 0 Å². The SMILES string of the molecule is CC1N=C(CCl)OC1=O.CCCc1ccc(C)cc1. The molecule has 19 heavy (non-hydrogen) atoms. The Bertz CT molecular complexity index is 440. The molecule has 4 heteroatoms. The van der Waals surface area contributed by atoms with Gasteiger partial charge in [0.1, 0.15) is 6.04 Å². The molecule has 0 saturated carbocycles. The Kier molecular flexibility index (Phi) is 6.57. The molecule has 1 atom stereocenters. The van der Waals surface area contributed by atoms with E-state index in [4.69, 9.17) is 11.6 Å². The molecule has 2 rings (SSSR count). The van der Waals surface area contributed by atoms with Crippen LogP contribution in [0.4, 0.5) is 0 Å². The Morgan fingerprint density at radius 1 is 1.32 bits per heavy atom. The highest BCUT2D eigenvalue weighted by atomic mass is 35.5. The van der Waals surface area contributed by atoms with Crippen LogP contribution in [0.1, 0.15) is 31.4 Å². The first-order valence-corrected chi connectivity index (χ1v) is 7.00. The van der Waals surface area contributed by atoms with E-state index in [0.29, 0.717) is 5.90 Å². The minimum absolute atomic E-state index is 0.177. The summed E-state index contributed by atoms with van der Waals surface area (Å²) in [4.78, 5) is 14.3. The molecule has 0 bridgehead atoms. The number of esters is 1. The Balaban J connectivity index is 0.000000191. The minimum Gasteiger partial charge on any atom is -0.409 e. The lowest BCUT2D eigenvalue weighted by Gasteiger charge is -1.97. The van der Waals surface area contributed by atoms with Crippen LogP contribution in [0.3, 0.4) is 0 Å². The first-order chi connectivity index (χ1) is 9.06. The predicted molar refractivity (Wildman–Crippen MR) is 78.9 cm³/mol. The molecule has 0 fully saturated rings. The molecule has 1 aromatic rings. The first-order valence-electron chi connectivity index (χ1n) is 6.46. The summed E-state index contributed by atoms with van der Waals surface area (Å²) in [7, 11) is 0. The number of alkyl halides is 1. The van der Waals surface area contributed by atoms with Crippen LogP contribution in [0.5, 0.6) is 0 Å². The number of benzene rings is 1. The second-order valence-electron chi connectivity index (χ2n) is 4.49. The van der Waals surface area contributed by atoms with E-state index in [0.717, 1.165) is 0 Å². The van der Waals surface area contributed by atoms with Crippen LogP contribution in [-0.4, -0.2) is 23.8 Å². The maximum Gasteiger partial charge on any atom is 0.337 e. The molecular weight excluding hydrogens is 262 g/mol. The number of rotatable bonds is 3. The number of carbonyl (C=O) groups is 1. The molecule has 0 amide bonds. The zero-order valence-electron chi connectivity index (χ0n) is 11.6. The molecule has 0 aromatic heterocycles. The lowest BCUT2D eigenvalue weighted by Crippen LogP contribution is -2.10. The van der Waals surface area contributed by atoms with Gasteiger partial charge in [0.05, 0.1) is 5.88 Å². The summed E-state index contributed by atoms with van der Waals surface area (Å²) in [6.07, 6.45) is 2.45. The van der Waals surface area contributed by atoms with Gasteiger partial charge in [-0.25, -0.2) is 9.79 Å². The number of aliphatic imine (C=N–C) groups is 1. The Labute approximate surface area is 119 Å². The van der Waals surface area contributed by atoms with Crippen molar-refractivity contribution >= 4 is 23.5 Å². The monoisotopic (exact) mass is 281 g/mol. The van der Waals surface area contributed by atoms with Crippen LogP contribution in [0.2, 0.25) is 0 Å². The summed E-state index contributed by atoms with van der Waals surface area (Å²) < 4.78 is 4.60. The largest absolute Gasteiger partial charge is 0.409 e. The van der Waals surface area contributed by atoms with Crippen LogP contribution in [0.25, 0.3) is 0 Å². The number of ether oxygens (including phenoxy) is 1. The third-order valence-electron chi connectivity index (χ3n) is 2.67. The molecule has 0 N–H and O–H groups in total. The maximum absolute atomic E-state index is 10.5. The number of halogens is 1. The van der Waals surface area contributed by atoms with Crippen LogP contribution in [0.15, 0.2) is 29.3 Å². The second-order valence-corrected chi connectivity index (χ2v) is 4.76. The third kappa shape index (κ3) is 5.43. The lowest BCUT2D eigenvalue weighted by molar-refractivity contribution is -0.134. The molecule has 1 aliphatic heterocycles. The van der Waals surface area contributed by atoms with Crippen LogP contribution >= 0.6 is 11.6 Å². The van der Waals surface area contributed by atoms with E-state index in [2.05, 4.69) is 47.8 Å². The molecule has 0 radical (unpaired) electrons. The Morgan fingerprint density at radius 2 is 1.95 bits per heavy atom. The van der Waals surface area contributed by atoms with Gasteiger partial charge >= 0.3 is 5.97 Å². The molecule has 0 saturated heterocycles. The van der Waals surface area contributed by atoms with Crippen molar-refractivity contribution in [1.82, 2.24) is 0 Å². The first kappa shape index (κ1) is 15.7. The molecule has 0 aliphatic carbocycles. The number of cyclic esters (lactones) is 1. The molecule has 3 nitrogen and oxygen atoms in total. The van der Waals surface area contributed by atoms with E-state index in [1.54, 1.807) is 6.92 Å². The van der Waals surface area contributed by atoms with E-state index >= 15 is 0 Å². The molecule has 1 heterocycles. The normalized spacial score (nSPS) is 17.4. The van der Waals surface area contributed by atoms with E-state index in [1.165, 1.54) is 24.0 Å². The summed E-state index contributed by atoms with van der Waals surface area (Å²) in [6.45, 7) is 6.00. The molecule has 1 aliphatic rings. The highest BCUT2D eigenvalue weighted by molar-refractivity contribution is 6.28. The molecule has 1 aromatic carbocycles. The predicted octanol–water partition coefficient (Wildman–Crippen LogP) is 3.52. The number of hydrogen-bond donors (Lipinski definition) is 0. The van der Waals surface area contributed by atoms with Crippen molar-refractivity contribution < 1.29 is 9.53 Å². The van der Waals surface area contributed by atoms with Crippen molar-refractivity contribution in [2.24, 2.45) is 4.99 Å². The van der Waals surface area contributed by atoms with Gasteiger partial charge in [-0.15, -0.1) is 11.6 Å². The number of aryl methyl sites for hydroxylation is 2. The van der Waals surface area contributed by atoms with Crippen LogP contribution < -0.4 is 0 Å². The van der Waals surface area contributed by atoms with Gasteiger partial charge in [-0.1, -0.05) is 43.2 Å². The van der Waals surface area contributed by atoms with Gasteiger partial charge in [-0.2, -0.15) is 0 Å². The zero-order chi connectivity index (χ0) is 14.3. The summed E-state index contributed by atoms with van der Waals surface area (Å²) in [5, 5.41) is 0. The lowest BCUT2D eigenvalue weighted by atomic mass is 10.1. The summed E-state index contributed by atoms with van der Waals surface area (Å²) in [5.41, 5.74) is 2.80. The van der Waals surface area contributed by atoms with Crippen molar-refractivity contribution in [1.29, 1.82) is 0 Å². The second kappa shape index (κ2) is 7.95. The van der Waals surface area contributed by atoms with Crippen LogP contribution in [-0.2, 0) is 16.0 Å². The van der Waals surface area contributed by atoms with Gasteiger partial charge in [0.15, 0.2) is 0 Å². The minimum atomic E-state index is -0.362. The fraction of sp³-hybridized carbons (Fsp3) is 0.467. The van der Waals surface area contributed by atoms with Crippen molar-refractivity contribution in [2.75, 3.05) is 5.88 Å². The van der Waals surface area contributed by atoms with E-state index in [1.807, 2.05) is 0 Å². The smallest absolute Gasteiger partial charge is 0.337 e. The zero-order valence-corrected chi connectivity index (χ0v) is 12.4. The third-order valence-corrected chi connectivity index (χ3v) is 2.90. The number of hydrogen-bond acceptors (Lipinski definition) is 3. The molecule has 1 unspecified atom stereocenters. The fourth-order valence-corrected chi connectivity index (χ4v) is 1.73. The van der Waals surface area contributed by atoms with E-state index < -0.39 is 0 Å². The topological polar surface area (TPSA) is 38.7 Å². The summed E-state index contributed by atoms with van der Waals surface area (Å²) in [6, 6.07) is 8.40. The fourth-order valence-electron chi connectivity index (χ4n) is 1.60. The quantitative estimate of drug-likeness (QED) is 0.628. The van der Waals surface area contributed by atoms with Crippen molar-refractivity contribution in [3.8, 4) is 0 Å². The number of nitrogens with zero attached hydrogens (tertiary/aromatic N) is 1. The molecular formula is C15H20ClNO2. The van der Waals surface area contributed by atoms with Crippen molar-refractivity contribution in [3.05, 3.63) is 35.4 Å². The van der Waals surface area contributed by atoms with Crippen LogP contribution in [0, 0.1) is 6.92 Å². The van der Waals surface area contributed by atoms with Gasteiger partial charge in [0.2, 0.25) is 5.90 Å². The Hall–Kier alpha value is -1.35. The maximum atomic E-state index is 10.5. The van der Waals surface area contributed by atoms with Gasteiger partial charge in [-0.05, 0) is 25.8 Å². The average molecular weight is 282 g/mol. The Morgan fingerprint density at radius 3 is 2.32 bits per heavy atom. The van der Waals surface area contributed by atoms with Gasteiger partial charge in [0.25, 0.3) is 0 Å². The van der Waals surface area contributed by atoms with Crippen molar-refractivity contribution in [3.63, 3.8) is 0 Å². The average Bonchev–Trinajstić information content (AvgIpc) is 2.73.